The molecule has 0 radical (unpaired) electrons. The molecule has 1 unspecified atom stereocenters. The summed E-state index contributed by atoms with van der Waals surface area (Å²) in [5.74, 6) is 0.747. The van der Waals surface area contributed by atoms with E-state index in [0.29, 0.717) is 19.7 Å². The highest BCUT2D eigenvalue weighted by atomic mass is 16.5. The molecule has 1 amide bonds. The molecule has 0 saturated heterocycles. The number of para-hydroxylation sites is 1. The molecule has 2 N–H and O–H groups in total. The molecule has 2 heterocycles. The van der Waals surface area contributed by atoms with E-state index >= 15 is 0 Å². The first kappa shape index (κ1) is 23.0. The van der Waals surface area contributed by atoms with E-state index in [-0.39, 0.29) is 5.91 Å². The number of rotatable bonds is 9. The van der Waals surface area contributed by atoms with Gasteiger partial charge in [0.05, 0.1) is 5.69 Å². The number of methoxy groups -OCH3 is 1. The van der Waals surface area contributed by atoms with Crippen molar-refractivity contribution in [3.05, 3.63) is 89.6 Å². The van der Waals surface area contributed by atoms with Crippen LogP contribution in [0.25, 0.3) is 0 Å². The number of carbonyl (C=O) groups is 1. The Morgan fingerprint density at radius 1 is 1.06 bits per heavy atom. The van der Waals surface area contributed by atoms with Crippen molar-refractivity contribution in [2.24, 2.45) is 0 Å². The molecule has 0 bridgehead atoms. The summed E-state index contributed by atoms with van der Waals surface area (Å²) in [5.41, 5.74) is 3.38. The number of fused-ring (bicyclic) bond motifs is 1. The number of hydrogen-bond donors (Lipinski definition) is 2. The summed E-state index contributed by atoms with van der Waals surface area (Å²) in [4.78, 5) is 20.8. The van der Waals surface area contributed by atoms with E-state index in [9.17, 15) is 4.79 Å². The van der Waals surface area contributed by atoms with Crippen LogP contribution in [0, 0.1) is 0 Å². The summed E-state index contributed by atoms with van der Waals surface area (Å²) in [7, 11) is 1.67. The van der Waals surface area contributed by atoms with Crippen molar-refractivity contribution in [2.45, 2.75) is 31.8 Å². The number of benzene rings is 2. The van der Waals surface area contributed by atoms with E-state index in [2.05, 4.69) is 45.9 Å². The van der Waals surface area contributed by atoms with Crippen LogP contribution >= 0.6 is 0 Å². The predicted molar refractivity (Wildman–Crippen MR) is 131 cm³/mol. The molecule has 172 valence electrons. The minimum Gasteiger partial charge on any atom is -0.385 e. The Kier molecular flexibility index (Phi) is 7.37. The zero-order valence-electron chi connectivity index (χ0n) is 19.4. The molecule has 6 nitrogen and oxygen atoms in total. The molecular weight excluding hydrogens is 412 g/mol. The van der Waals surface area contributed by atoms with E-state index in [1.54, 1.807) is 7.11 Å². The minimum absolute atomic E-state index is 0.00183. The topological polar surface area (TPSA) is 66.5 Å². The second kappa shape index (κ2) is 10.6. The predicted octanol–water partition coefficient (Wildman–Crippen LogP) is 4.25. The van der Waals surface area contributed by atoms with Crippen LogP contribution in [-0.2, 0) is 28.0 Å². The van der Waals surface area contributed by atoms with Crippen molar-refractivity contribution >= 4 is 17.4 Å². The zero-order chi connectivity index (χ0) is 23.1. The van der Waals surface area contributed by atoms with Gasteiger partial charge >= 0.3 is 0 Å². The zero-order valence-corrected chi connectivity index (χ0v) is 19.4. The van der Waals surface area contributed by atoms with Crippen molar-refractivity contribution in [1.29, 1.82) is 0 Å². The van der Waals surface area contributed by atoms with Gasteiger partial charge in [0.2, 0.25) is 5.91 Å². The maximum Gasteiger partial charge on any atom is 0.233 e. The van der Waals surface area contributed by atoms with Crippen LogP contribution in [0.2, 0.25) is 0 Å². The molecule has 0 saturated carbocycles. The van der Waals surface area contributed by atoms with Gasteiger partial charge in [-0.1, -0.05) is 54.6 Å². The first-order valence-electron chi connectivity index (χ1n) is 11.4. The molecule has 3 aromatic rings. The van der Waals surface area contributed by atoms with Gasteiger partial charge in [0.15, 0.2) is 0 Å². The first-order valence-corrected chi connectivity index (χ1v) is 11.4. The third-order valence-corrected chi connectivity index (χ3v) is 6.04. The summed E-state index contributed by atoms with van der Waals surface area (Å²) in [6.07, 6.45) is 0.780. The van der Waals surface area contributed by atoms with E-state index < -0.39 is 5.41 Å². The molecule has 1 aromatic heterocycles. The largest absolute Gasteiger partial charge is 0.385 e. The maximum atomic E-state index is 13.5. The SMILES string of the molecule is COCCCNC(=O)C1(C)CN(Cc2ccccc2)Cc2ccc(Nc3ccccc3)nc21. The number of aromatic nitrogens is 1. The Balaban J connectivity index is 1.61. The fourth-order valence-electron chi connectivity index (χ4n) is 4.40. The normalized spacial score (nSPS) is 17.9. The Labute approximate surface area is 196 Å². The number of carbonyl (C=O) groups excluding carboxylic acids is 1. The number of pyridine rings is 1. The standard InChI is InChI=1S/C27H32N4O2/c1-27(26(32)28-16-9-17-33-2)20-31(18-21-10-5-3-6-11-21)19-22-14-15-24(30-25(22)27)29-23-12-7-4-8-13-23/h3-8,10-15H,9,16-20H2,1-2H3,(H,28,32)(H,29,30). The number of amides is 1. The summed E-state index contributed by atoms with van der Waals surface area (Å²) >= 11 is 0. The average Bonchev–Trinajstić information content (AvgIpc) is 2.83. The van der Waals surface area contributed by atoms with Gasteiger partial charge in [-0.05, 0) is 42.7 Å². The maximum absolute atomic E-state index is 13.5. The summed E-state index contributed by atoms with van der Waals surface area (Å²) in [6, 6.07) is 24.4. The quantitative estimate of drug-likeness (QED) is 0.483. The van der Waals surface area contributed by atoms with Gasteiger partial charge in [0, 0.05) is 45.6 Å². The monoisotopic (exact) mass is 444 g/mol. The van der Waals surface area contributed by atoms with E-state index in [4.69, 9.17) is 9.72 Å². The average molecular weight is 445 g/mol. The number of nitrogens with one attached hydrogen (secondary N) is 2. The third kappa shape index (κ3) is 5.59. The molecule has 1 aliphatic rings. The van der Waals surface area contributed by atoms with E-state index in [1.165, 1.54) is 5.56 Å². The fourth-order valence-corrected chi connectivity index (χ4v) is 4.40. The van der Waals surface area contributed by atoms with Crippen molar-refractivity contribution in [1.82, 2.24) is 15.2 Å². The van der Waals surface area contributed by atoms with Crippen LogP contribution in [-0.4, -0.2) is 42.6 Å². The van der Waals surface area contributed by atoms with Crippen LogP contribution < -0.4 is 10.6 Å². The first-order chi connectivity index (χ1) is 16.1. The number of nitrogens with zero attached hydrogens (tertiary/aromatic N) is 2. The van der Waals surface area contributed by atoms with Crippen LogP contribution in [0.5, 0.6) is 0 Å². The Morgan fingerprint density at radius 2 is 1.79 bits per heavy atom. The van der Waals surface area contributed by atoms with Gasteiger partial charge in [-0.3, -0.25) is 9.69 Å². The van der Waals surface area contributed by atoms with Crippen LogP contribution in [0.3, 0.4) is 0 Å². The van der Waals surface area contributed by atoms with Gasteiger partial charge in [-0.2, -0.15) is 0 Å². The van der Waals surface area contributed by atoms with Gasteiger partial charge in [-0.15, -0.1) is 0 Å². The molecule has 1 aliphatic heterocycles. The Hall–Kier alpha value is -3.22. The smallest absolute Gasteiger partial charge is 0.233 e. The van der Waals surface area contributed by atoms with Gasteiger partial charge in [-0.25, -0.2) is 4.98 Å². The van der Waals surface area contributed by atoms with Crippen molar-refractivity contribution in [2.75, 3.05) is 32.1 Å². The third-order valence-electron chi connectivity index (χ3n) is 6.04. The fraction of sp³-hybridized carbons (Fsp3) is 0.333. The second-order valence-electron chi connectivity index (χ2n) is 8.76. The molecule has 1 atom stereocenters. The highest BCUT2D eigenvalue weighted by Gasteiger charge is 2.43. The minimum atomic E-state index is -0.760. The van der Waals surface area contributed by atoms with Crippen molar-refractivity contribution in [3.63, 3.8) is 0 Å². The van der Waals surface area contributed by atoms with Crippen LogP contribution in [0.4, 0.5) is 11.5 Å². The summed E-state index contributed by atoms with van der Waals surface area (Å²) in [6.45, 7) is 5.36. The lowest BCUT2D eigenvalue weighted by molar-refractivity contribution is -0.127. The van der Waals surface area contributed by atoms with Gasteiger partial charge < -0.3 is 15.4 Å². The highest BCUT2D eigenvalue weighted by molar-refractivity contribution is 5.88. The van der Waals surface area contributed by atoms with Gasteiger partial charge in [0.1, 0.15) is 11.2 Å². The van der Waals surface area contributed by atoms with E-state index in [0.717, 1.165) is 42.3 Å². The molecular formula is C27H32N4O2. The number of anilines is 2. The second-order valence-corrected chi connectivity index (χ2v) is 8.76. The van der Waals surface area contributed by atoms with Gasteiger partial charge in [0.25, 0.3) is 0 Å². The lowest BCUT2D eigenvalue weighted by atomic mass is 9.79. The molecule has 0 fully saturated rings. The van der Waals surface area contributed by atoms with E-state index in [1.807, 2.05) is 49.4 Å². The molecule has 2 aromatic carbocycles. The Morgan fingerprint density at radius 3 is 2.52 bits per heavy atom. The lowest BCUT2D eigenvalue weighted by Crippen LogP contribution is -2.53. The molecule has 4 rings (SSSR count). The lowest BCUT2D eigenvalue weighted by Gasteiger charge is -2.40. The summed E-state index contributed by atoms with van der Waals surface area (Å²) < 4.78 is 5.13. The highest BCUT2D eigenvalue weighted by Crippen LogP contribution is 2.35. The Bertz CT molecular complexity index is 1060. The van der Waals surface area contributed by atoms with Crippen LogP contribution in [0.1, 0.15) is 30.2 Å². The number of hydrogen-bond acceptors (Lipinski definition) is 5. The van der Waals surface area contributed by atoms with Crippen molar-refractivity contribution in [3.8, 4) is 0 Å². The van der Waals surface area contributed by atoms with Crippen LogP contribution in [0.15, 0.2) is 72.8 Å². The molecule has 6 heteroatoms. The number of ether oxygens (including phenoxy) is 1. The van der Waals surface area contributed by atoms with Crippen molar-refractivity contribution < 1.29 is 9.53 Å². The molecule has 33 heavy (non-hydrogen) atoms. The summed E-state index contributed by atoms with van der Waals surface area (Å²) in [5, 5.41) is 6.48. The molecule has 0 spiro atoms. The molecule has 0 aliphatic carbocycles.